The lowest BCUT2D eigenvalue weighted by Gasteiger charge is -2.42. The van der Waals surface area contributed by atoms with Gasteiger partial charge in [-0.15, -0.1) is 0 Å². The third-order valence-electron chi connectivity index (χ3n) is 4.31. The second-order valence-corrected chi connectivity index (χ2v) is 6.98. The van der Waals surface area contributed by atoms with Crippen LogP contribution in [0, 0.1) is 0 Å². The van der Waals surface area contributed by atoms with Gasteiger partial charge in [0.2, 0.25) is 0 Å². The minimum absolute atomic E-state index is 0.0772. The summed E-state index contributed by atoms with van der Waals surface area (Å²) >= 11 is 0. The Bertz CT molecular complexity index is 457. The summed E-state index contributed by atoms with van der Waals surface area (Å²) in [4.78, 5) is 2.33. The second-order valence-electron chi connectivity index (χ2n) is 6.98. The molecule has 0 amide bonds. The monoisotopic (exact) mass is 314 g/mol. The van der Waals surface area contributed by atoms with Gasteiger partial charge < -0.3 is 0 Å². The first kappa shape index (κ1) is 17.3. The number of benzene rings is 1. The number of piperidine rings is 1. The van der Waals surface area contributed by atoms with E-state index < -0.39 is 12.2 Å². The van der Waals surface area contributed by atoms with Crippen molar-refractivity contribution in [3.63, 3.8) is 0 Å². The fraction of sp³-hybridized carbons (Fsp3) is 0.647. The zero-order chi connectivity index (χ0) is 16.4. The Kier molecular flexibility index (Phi) is 5.17. The molecule has 0 spiro atoms. The SMILES string of the molecule is CC(C)(C)N1CCC(NC(c2ccccc2)C(F)(F)F)CC1. The highest BCUT2D eigenvalue weighted by atomic mass is 19.4. The Labute approximate surface area is 130 Å². The molecule has 1 aromatic rings. The number of nitrogens with one attached hydrogen (secondary N) is 1. The molecule has 0 radical (unpaired) electrons. The Hall–Kier alpha value is -1.07. The van der Waals surface area contributed by atoms with Crippen LogP contribution in [-0.4, -0.2) is 35.7 Å². The molecule has 1 aromatic carbocycles. The van der Waals surface area contributed by atoms with E-state index in [2.05, 4.69) is 31.0 Å². The zero-order valence-corrected chi connectivity index (χ0v) is 13.5. The topological polar surface area (TPSA) is 15.3 Å². The van der Waals surface area contributed by atoms with E-state index >= 15 is 0 Å². The first-order chi connectivity index (χ1) is 10.2. The van der Waals surface area contributed by atoms with Crippen LogP contribution in [0.5, 0.6) is 0 Å². The maximum Gasteiger partial charge on any atom is 0.407 e. The van der Waals surface area contributed by atoms with Crippen molar-refractivity contribution >= 4 is 0 Å². The third-order valence-corrected chi connectivity index (χ3v) is 4.31. The van der Waals surface area contributed by atoms with E-state index in [0.717, 1.165) is 25.9 Å². The van der Waals surface area contributed by atoms with Gasteiger partial charge in [-0.2, -0.15) is 13.2 Å². The summed E-state index contributed by atoms with van der Waals surface area (Å²) in [5.41, 5.74) is 0.363. The van der Waals surface area contributed by atoms with Crippen LogP contribution in [0.25, 0.3) is 0 Å². The van der Waals surface area contributed by atoms with Gasteiger partial charge in [0.05, 0.1) is 0 Å². The van der Waals surface area contributed by atoms with Crippen molar-refractivity contribution in [1.29, 1.82) is 0 Å². The summed E-state index contributed by atoms with van der Waals surface area (Å²) in [6.07, 6.45) is -2.78. The average molecular weight is 314 g/mol. The predicted molar refractivity (Wildman–Crippen MR) is 82.7 cm³/mol. The molecule has 0 bridgehead atoms. The van der Waals surface area contributed by atoms with Gasteiger partial charge in [-0.1, -0.05) is 30.3 Å². The summed E-state index contributed by atoms with van der Waals surface area (Å²) in [5.74, 6) is 0. The first-order valence-electron chi connectivity index (χ1n) is 7.80. The number of likely N-dealkylation sites (tertiary alicyclic amines) is 1. The van der Waals surface area contributed by atoms with Crippen LogP contribution in [0.4, 0.5) is 13.2 Å². The lowest BCUT2D eigenvalue weighted by atomic mass is 9.96. The average Bonchev–Trinajstić information content (AvgIpc) is 2.44. The largest absolute Gasteiger partial charge is 0.407 e. The minimum atomic E-state index is -4.28. The summed E-state index contributed by atoms with van der Waals surface area (Å²) < 4.78 is 40.1. The van der Waals surface area contributed by atoms with Crippen LogP contribution < -0.4 is 5.32 Å². The van der Waals surface area contributed by atoms with Crippen LogP contribution in [-0.2, 0) is 0 Å². The number of hydrogen-bond donors (Lipinski definition) is 1. The van der Waals surface area contributed by atoms with E-state index in [1.165, 1.54) is 12.1 Å². The fourth-order valence-corrected chi connectivity index (χ4v) is 2.98. The zero-order valence-electron chi connectivity index (χ0n) is 13.5. The second kappa shape index (κ2) is 6.59. The Morgan fingerprint density at radius 3 is 2.05 bits per heavy atom. The van der Waals surface area contributed by atoms with E-state index in [4.69, 9.17) is 0 Å². The molecule has 1 unspecified atom stereocenters. The normalized spacial score (nSPS) is 20.1. The molecule has 124 valence electrons. The van der Waals surface area contributed by atoms with Crippen LogP contribution in [0.15, 0.2) is 30.3 Å². The van der Waals surface area contributed by atoms with E-state index in [1.807, 2.05) is 0 Å². The van der Waals surface area contributed by atoms with Crippen LogP contribution in [0.1, 0.15) is 45.2 Å². The van der Waals surface area contributed by atoms with Crippen molar-refractivity contribution in [2.75, 3.05) is 13.1 Å². The summed E-state index contributed by atoms with van der Waals surface area (Å²) in [6, 6.07) is 6.44. The lowest BCUT2D eigenvalue weighted by Crippen LogP contribution is -2.51. The number of hydrogen-bond acceptors (Lipinski definition) is 2. The van der Waals surface area contributed by atoms with Gasteiger partial charge in [-0.05, 0) is 39.2 Å². The smallest absolute Gasteiger partial charge is 0.300 e. The van der Waals surface area contributed by atoms with Gasteiger partial charge in [0.1, 0.15) is 6.04 Å². The van der Waals surface area contributed by atoms with Crippen molar-refractivity contribution in [2.24, 2.45) is 0 Å². The molecule has 1 atom stereocenters. The Morgan fingerprint density at radius 2 is 1.59 bits per heavy atom. The van der Waals surface area contributed by atoms with Gasteiger partial charge in [0.25, 0.3) is 0 Å². The molecule has 0 aliphatic carbocycles. The van der Waals surface area contributed by atoms with E-state index in [-0.39, 0.29) is 17.1 Å². The van der Waals surface area contributed by atoms with Gasteiger partial charge in [-0.25, -0.2) is 0 Å². The van der Waals surface area contributed by atoms with Crippen LogP contribution in [0.3, 0.4) is 0 Å². The Balaban J connectivity index is 2.01. The molecule has 5 heteroatoms. The van der Waals surface area contributed by atoms with E-state index in [9.17, 15) is 13.2 Å². The minimum Gasteiger partial charge on any atom is -0.300 e. The Morgan fingerprint density at radius 1 is 1.05 bits per heavy atom. The molecule has 22 heavy (non-hydrogen) atoms. The summed E-state index contributed by atoms with van der Waals surface area (Å²) in [5, 5.41) is 2.83. The molecule has 1 fully saturated rings. The van der Waals surface area contributed by atoms with Crippen LogP contribution in [0.2, 0.25) is 0 Å². The van der Waals surface area contributed by atoms with Gasteiger partial charge in [0, 0.05) is 24.7 Å². The number of halogens is 3. The molecule has 0 aromatic heterocycles. The lowest BCUT2D eigenvalue weighted by molar-refractivity contribution is -0.160. The predicted octanol–water partition coefficient (Wildman–Crippen LogP) is 4.14. The molecule has 1 saturated heterocycles. The number of alkyl halides is 3. The maximum absolute atomic E-state index is 13.4. The molecule has 0 saturated carbocycles. The van der Waals surface area contributed by atoms with Crippen LogP contribution >= 0.6 is 0 Å². The van der Waals surface area contributed by atoms with Crippen molar-refractivity contribution in [3.8, 4) is 0 Å². The van der Waals surface area contributed by atoms with E-state index in [1.54, 1.807) is 18.2 Å². The maximum atomic E-state index is 13.4. The number of rotatable bonds is 3. The summed E-state index contributed by atoms with van der Waals surface area (Å²) in [6.45, 7) is 8.09. The van der Waals surface area contributed by atoms with Crippen molar-refractivity contribution < 1.29 is 13.2 Å². The number of nitrogens with zero attached hydrogens (tertiary/aromatic N) is 1. The molecular weight excluding hydrogens is 289 g/mol. The first-order valence-corrected chi connectivity index (χ1v) is 7.80. The molecule has 1 aliphatic heterocycles. The molecule has 2 rings (SSSR count). The van der Waals surface area contributed by atoms with Gasteiger partial charge >= 0.3 is 6.18 Å². The third kappa shape index (κ3) is 4.46. The van der Waals surface area contributed by atoms with Gasteiger partial charge in [0.15, 0.2) is 0 Å². The molecule has 2 nitrogen and oxygen atoms in total. The standard InChI is InChI=1S/C17H25F3N2/c1-16(2,3)22-11-9-14(10-12-22)21-15(17(18,19)20)13-7-5-4-6-8-13/h4-8,14-15,21H,9-12H2,1-3H3. The quantitative estimate of drug-likeness (QED) is 0.902. The highest BCUT2D eigenvalue weighted by Crippen LogP contribution is 2.34. The summed E-state index contributed by atoms with van der Waals surface area (Å²) in [7, 11) is 0. The van der Waals surface area contributed by atoms with Crippen molar-refractivity contribution in [3.05, 3.63) is 35.9 Å². The van der Waals surface area contributed by atoms with Crippen molar-refractivity contribution in [2.45, 2.75) is 57.4 Å². The van der Waals surface area contributed by atoms with E-state index in [0.29, 0.717) is 0 Å². The highest BCUT2D eigenvalue weighted by molar-refractivity contribution is 5.20. The molecular formula is C17H25F3N2. The molecule has 1 heterocycles. The van der Waals surface area contributed by atoms with Gasteiger partial charge in [-0.3, -0.25) is 10.2 Å². The molecule has 1 N–H and O–H groups in total. The molecule has 1 aliphatic rings. The fourth-order valence-electron chi connectivity index (χ4n) is 2.98. The van der Waals surface area contributed by atoms with Crippen molar-refractivity contribution in [1.82, 2.24) is 10.2 Å². The highest BCUT2D eigenvalue weighted by Gasteiger charge is 2.42.